The highest BCUT2D eigenvalue weighted by Crippen LogP contribution is 2.57. The fourth-order valence-electron chi connectivity index (χ4n) is 4.27. The van der Waals surface area contributed by atoms with E-state index < -0.39 is 0 Å². The molecular formula is C17H24O. The van der Waals surface area contributed by atoms with Gasteiger partial charge in [0.05, 0.1) is 5.41 Å². The van der Waals surface area contributed by atoms with Crippen LogP contribution in [0.1, 0.15) is 52.7 Å². The van der Waals surface area contributed by atoms with E-state index in [9.17, 15) is 4.79 Å². The lowest BCUT2D eigenvalue weighted by atomic mass is 9.51. The van der Waals surface area contributed by atoms with Crippen LogP contribution >= 0.6 is 0 Å². The maximum absolute atomic E-state index is 12.8. The van der Waals surface area contributed by atoms with Gasteiger partial charge in [-0.3, -0.25) is 4.79 Å². The van der Waals surface area contributed by atoms with Crippen LogP contribution in [-0.2, 0) is 16.6 Å². The smallest absolute Gasteiger partial charge is 0.148 e. The van der Waals surface area contributed by atoms with Crippen molar-refractivity contribution in [1.29, 1.82) is 0 Å². The topological polar surface area (TPSA) is 17.1 Å². The van der Waals surface area contributed by atoms with Crippen molar-refractivity contribution in [2.75, 3.05) is 0 Å². The number of rotatable bonds is 0. The summed E-state index contributed by atoms with van der Waals surface area (Å²) in [5, 5.41) is 0. The molecular weight excluding hydrogens is 220 g/mol. The number of hydrogen-bond acceptors (Lipinski definition) is 1. The first kappa shape index (κ1) is 13.3. The van der Waals surface area contributed by atoms with Gasteiger partial charge in [-0.2, -0.15) is 0 Å². The van der Waals surface area contributed by atoms with Gasteiger partial charge in [0.25, 0.3) is 0 Å². The summed E-state index contributed by atoms with van der Waals surface area (Å²) in [6.07, 6.45) is 0.588. The highest BCUT2D eigenvalue weighted by Gasteiger charge is 2.59. The third-order valence-electron chi connectivity index (χ3n) is 4.44. The Morgan fingerprint density at radius 2 is 1.44 bits per heavy atom. The number of carbonyl (C=O) groups excluding carboxylic acids is 1. The van der Waals surface area contributed by atoms with E-state index in [1.807, 2.05) is 6.07 Å². The molecule has 98 valence electrons. The molecule has 0 bridgehead atoms. The molecule has 0 amide bonds. The van der Waals surface area contributed by atoms with Crippen LogP contribution in [0, 0.1) is 10.8 Å². The summed E-state index contributed by atoms with van der Waals surface area (Å²) in [5.41, 5.74) is 1.93. The van der Waals surface area contributed by atoms with Crippen LogP contribution in [0.2, 0.25) is 0 Å². The molecule has 0 spiro atoms. The summed E-state index contributed by atoms with van der Waals surface area (Å²) < 4.78 is 0. The van der Waals surface area contributed by atoms with Crippen molar-refractivity contribution in [3.63, 3.8) is 0 Å². The van der Waals surface area contributed by atoms with Gasteiger partial charge < -0.3 is 0 Å². The van der Waals surface area contributed by atoms with E-state index in [0.29, 0.717) is 12.2 Å². The summed E-state index contributed by atoms with van der Waals surface area (Å²) in [6.45, 7) is 13.2. The van der Waals surface area contributed by atoms with Gasteiger partial charge in [0, 0.05) is 6.42 Å². The third kappa shape index (κ3) is 1.49. The summed E-state index contributed by atoms with van der Waals surface area (Å²) >= 11 is 0. The molecule has 1 nitrogen and oxygen atoms in total. The molecule has 1 aromatic rings. The van der Waals surface area contributed by atoms with E-state index in [1.165, 1.54) is 11.1 Å². The predicted octanol–water partition coefficient (Wildman–Crippen LogP) is 4.14. The van der Waals surface area contributed by atoms with Gasteiger partial charge in [-0.05, 0) is 22.0 Å². The molecule has 1 aliphatic carbocycles. The second-order valence-corrected chi connectivity index (χ2v) is 7.51. The zero-order valence-corrected chi connectivity index (χ0v) is 12.4. The quantitative estimate of drug-likeness (QED) is 0.670. The van der Waals surface area contributed by atoms with Crippen LogP contribution in [0.5, 0.6) is 0 Å². The van der Waals surface area contributed by atoms with E-state index in [0.717, 1.165) is 0 Å². The van der Waals surface area contributed by atoms with E-state index >= 15 is 0 Å². The molecule has 2 rings (SSSR count). The summed E-state index contributed by atoms with van der Waals surface area (Å²) in [7, 11) is 0. The van der Waals surface area contributed by atoms with Crippen molar-refractivity contribution < 1.29 is 4.79 Å². The summed E-state index contributed by atoms with van der Waals surface area (Å²) in [4.78, 5) is 12.8. The SMILES string of the molecule is CC(C)(C)C1(C(C)(C)C)C(=O)Cc2ccccc21. The van der Waals surface area contributed by atoms with Gasteiger partial charge in [-0.15, -0.1) is 0 Å². The van der Waals surface area contributed by atoms with Crippen molar-refractivity contribution >= 4 is 5.78 Å². The fourth-order valence-corrected chi connectivity index (χ4v) is 4.27. The van der Waals surface area contributed by atoms with Crippen LogP contribution in [0.4, 0.5) is 0 Å². The molecule has 1 heteroatoms. The van der Waals surface area contributed by atoms with Crippen LogP contribution in [0.3, 0.4) is 0 Å². The molecule has 0 fully saturated rings. The average Bonchev–Trinajstić information content (AvgIpc) is 2.47. The molecule has 18 heavy (non-hydrogen) atoms. The lowest BCUT2D eigenvalue weighted by Gasteiger charge is -2.50. The molecule has 1 aromatic carbocycles. The maximum atomic E-state index is 12.8. The minimum Gasteiger partial charge on any atom is -0.298 e. The highest BCUT2D eigenvalue weighted by atomic mass is 16.1. The molecule has 0 saturated heterocycles. The van der Waals surface area contributed by atoms with Gasteiger partial charge >= 0.3 is 0 Å². The van der Waals surface area contributed by atoms with Crippen molar-refractivity contribution in [1.82, 2.24) is 0 Å². The lowest BCUT2D eigenvalue weighted by Crippen LogP contribution is -2.54. The normalized spacial score (nSPS) is 18.9. The van der Waals surface area contributed by atoms with Crippen molar-refractivity contribution in [3.05, 3.63) is 35.4 Å². The van der Waals surface area contributed by atoms with Crippen LogP contribution in [-0.4, -0.2) is 5.78 Å². The molecule has 0 N–H and O–H groups in total. The molecule has 0 aliphatic heterocycles. The Labute approximate surface area is 111 Å². The number of benzene rings is 1. The van der Waals surface area contributed by atoms with Gasteiger partial charge in [-0.25, -0.2) is 0 Å². The monoisotopic (exact) mass is 244 g/mol. The number of carbonyl (C=O) groups is 1. The molecule has 0 heterocycles. The Morgan fingerprint density at radius 3 is 1.94 bits per heavy atom. The van der Waals surface area contributed by atoms with E-state index in [2.05, 4.69) is 59.7 Å². The Bertz CT molecular complexity index is 469. The van der Waals surface area contributed by atoms with E-state index in [1.54, 1.807) is 0 Å². The van der Waals surface area contributed by atoms with Crippen molar-refractivity contribution in [2.45, 2.75) is 53.4 Å². The maximum Gasteiger partial charge on any atom is 0.148 e. The zero-order valence-electron chi connectivity index (χ0n) is 12.4. The minimum atomic E-state index is -0.378. The molecule has 0 unspecified atom stereocenters. The van der Waals surface area contributed by atoms with Crippen molar-refractivity contribution in [3.8, 4) is 0 Å². The van der Waals surface area contributed by atoms with E-state index in [-0.39, 0.29) is 16.2 Å². The molecule has 0 saturated carbocycles. The zero-order chi connectivity index (χ0) is 13.8. The summed E-state index contributed by atoms with van der Waals surface area (Å²) in [5.74, 6) is 0.378. The van der Waals surface area contributed by atoms with Crippen LogP contribution < -0.4 is 0 Å². The first-order chi connectivity index (χ1) is 8.12. The molecule has 1 aliphatic rings. The Hall–Kier alpha value is -1.11. The lowest BCUT2D eigenvalue weighted by molar-refractivity contribution is -0.132. The van der Waals surface area contributed by atoms with E-state index in [4.69, 9.17) is 0 Å². The first-order valence-corrected chi connectivity index (χ1v) is 6.74. The van der Waals surface area contributed by atoms with Gasteiger partial charge in [0.2, 0.25) is 0 Å². The number of fused-ring (bicyclic) bond motifs is 1. The standard InChI is InChI=1S/C17H24O/c1-15(2,3)17(16(4,5)6)13-10-8-7-9-12(13)11-14(17)18/h7-10H,11H2,1-6H3. The second-order valence-electron chi connectivity index (χ2n) is 7.51. The Balaban J connectivity index is 2.81. The molecule has 0 atom stereocenters. The van der Waals surface area contributed by atoms with Gasteiger partial charge in [0.15, 0.2) is 0 Å². The first-order valence-electron chi connectivity index (χ1n) is 6.74. The van der Waals surface area contributed by atoms with Gasteiger partial charge in [0.1, 0.15) is 5.78 Å². The average molecular weight is 244 g/mol. The Kier molecular flexibility index (Phi) is 2.73. The number of hydrogen-bond donors (Lipinski definition) is 0. The summed E-state index contributed by atoms with van der Waals surface area (Å²) in [6, 6.07) is 8.35. The van der Waals surface area contributed by atoms with Crippen LogP contribution in [0.15, 0.2) is 24.3 Å². The second kappa shape index (κ2) is 3.69. The van der Waals surface area contributed by atoms with Crippen molar-refractivity contribution in [2.24, 2.45) is 10.8 Å². The number of ketones is 1. The Morgan fingerprint density at radius 1 is 0.944 bits per heavy atom. The van der Waals surface area contributed by atoms with Crippen LogP contribution in [0.25, 0.3) is 0 Å². The minimum absolute atomic E-state index is 0.0745. The highest BCUT2D eigenvalue weighted by molar-refractivity contribution is 5.98. The van der Waals surface area contributed by atoms with Gasteiger partial charge in [-0.1, -0.05) is 65.8 Å². The fraction of sp³-hybridized carbons (Fsp3) is 0.588. The number of Topliss-reactive ketones (excluding diaryl/α,β-unsaturated/α-hetero) is 1. The molecule has 0 radical (unpaired) electrons. The largest absolute Gasteiger partial charge is 0.298 e. The molecule has 0 aromatic heterocycles. The predicted molar refractivity (Wildman–Crippen MR) is 75.7 cm³/mol. The third-order valence-corrected chi connectivity index (χ3v) is 4.44.